The molecule has 2 aliphatic rings. The molecule has 3 nitrogen and oxygen atoms in total. The molecule has 0 radical (unpaired) electrons. The second kappa shape index (κ2) is 7.99. The minimum absolute atomic E-state index is 0.406. The first-order valence-electron chi connectivity index (χ1n) is 9.74. The molecule has 1 saturated heterocycles. The fourth-order valence-corrected chi connectivity index (χ4v) is 4.48. The average molecular weight is 331 g/mol. The lowest BCUT2D eigenvalue weighted by atomic mass is 9.78. The molecule has 1 N–H and O–H groups in total. The van der Waals surface area contributed by atoms with Crippen molar-refractivity contribution in [1.29, 1.82) is 0 Å². The Morgan fingerprint density at radius 2 is 1.92 bits per heavy atom. The number of aliphatic hydroxyl groups is 1. The van der Waals surface area contributed by atoms with E-state index in [9.17, 15) is 5.11 Å². The number of benzene rings is 1. The summed E-state index contributed by atoms with van der Waals surface area (Å²) in [5, 5.41) is 11.6. The molecule has 1 aliphatic heterocycles. The molecule has 2 unspecified atom stereocenters. The fourth-order valence-electron chi connectivity index (χ4n) is 4.48. The van der Waals surface area contributed by atoms with Crippen molar-refractivity contribution in [3.63, 3.8) is 0 Å². The van der Waals surface area contributed by atoms with Crippen molar-refractivity contribution in [2.75, 3.05) is 39.8 Å². The molecule has 24 heavy (non-hydrogen) atoms. The van der Waals surface area contributed by atoms with Gasteiger partial charge < -0.3 is 14.9 Å². The molecule has 0 bridgehead atoms. The van der Waals surface area contributed by atoms with Crippen LogP contribution in [0.3, 0.4) is 0 Å². The maximum atomic E-state index is 11.6. The molecule has 3 rings (SSSR count). The van der Waals surface area contributed by atoms with Crippen LogP contribution in [0.15, 0.2) is 24.3 Å². The Balaban J connectivity index is 1.71. The van der Waals surface area contributed by atoms with Crippen LogP contribution < -0.4 is 0 Å². The summed E-state index contributed by atoms with van der Waals surface area (Å²) in [5.74, 6) is 0.406. The molecule has 1 saturated carbocycles. The lowest BCUT2D eigenvalue weighted by molar-refractivity contribution is -0.0405. The number of hydrogen-bond acceptors (Lipinski definition) is 3. The number of nitrogens with zero attached hydrogens (tertiary/aromatic N) is 2. The zero-order valence-corrected chi connectivity index (χ0v) is 15.5. The van der Waals surface area contributed by atoms with Crippen LogP contribution >= 0.6 is 0 Å². The highest BCUT2D eigenvalue weighted by molar-refractivity contribution is 5.24. The molecule has 0 spiro atoms. The molecule has 1 heterocycles. The Morgan fingerprint density at radius 1 is 1.12 bits per heavy atom. The van der Waals surface area contributed by atoms with Crippen LogP contribution in [0.5, 0.6) is 0 Å². The predicted molar refractivity (Wildman–Crippen MR) is 100 cm³/mol. The van der Waals surface area contributed by atoms with Gasteiger partial charge in [-0.3, -0.25) is 0 Å². The first-order valence-corrected chi connectivity index (χ1v) is 9.74. The van der Waals surface area contributed by atoms with Crippen LogP contribution in [-0.4, -0.2) is 60.3 Å². The van der Waals surface area contributed by atoms with E-state index in [1.165, 1.54) is 36.8 Å². The highest BCUT2D eigenvalue weighted by Gasteiger charge is 2.38. The van der Waals surface area contributed by atoms with E-state index in [1.54, 1.807) is 0 Å². The van der Waals surface area contributed by atoms with Crippen molar-refractivity contribution < 1.29 is 5.11 Å². The largest absolute Gasteiger partial charge is 0.389 e. The minimum Gasteiger partial charge on any atom is -0.389 e. The summed E-state index contributed by atoms with van der Waals surface area (Å²) in [4.78, 5) is 4.99. The van der Waals surface area contributed by atoms with Gasteiger partial charge in [-0.2, -0.15) is 0 Å². The number of hydrogen-bond donors (Lipinski definition) is 1. The van der Waals surface area contributed by atoms with E-state index in [4.69, 9.17) is 0 Å². The quantitative estimate of drug-likeness (QED) is 0.860. The molecule has 0 amide bonds. The van der Waals surface area contributed by atoms with E-state index in [0.717, 1.165) is 45.6 Å². The fraction of sp³-hybridized carbons (Fsp3) is 0.714. The summed E-state index contributed by atoms with van der Waals surface area (Å²) in [6.07, 6.45) is 6.66. The van der Waals surface area contributed by atoms with Crippen LogP contribution in [-0.2, 0) is 6.42 Å². The van der Waals surface area contributed by atoms with Crippen LogP contribution in [0.25, 0.3) is 0 Å². The zero-order chi connectivity index (χ0) is 17.0. The summed E-state index contributed by atoms with van der Waals surface area (Å²) in [6, 6.07) is 8.70. The third-order valence-corrected chi connectivity index (χ3v) is 6.09. The standard InChI is InChI=1S/C21H34N2O/c1-18-7-6-8-19(15-18)16-21(24)10-5-3-4-9-20(21)17-23-13-11-22(2)12-14-23/h6-8,15,20,24H,3-5,9-14,16-17H2,1-2H3. The van der Waals surface area contributed by atoms with Gasteiger partial charge in [0.15, 0.2) is 0 Å². The van der Waals surface area contributed by atoms with Crippen molar-refractivity contribution in [2.45, 2.75) is 51.0 Å². The smallest absolute Gasteiger partial charge is 0.0728 e. The molecular formula is C21H34N2O. The molecule has 0 aromatic heterocycles. The third kappa shape index (κ3) is 4.59. The molecule has 1 aromatic carbocycles. The molecule has 3 heteroatoms. The molecule has 2 fully saturated rings. The SMILES string of the molecule is Cc1cccc(CC2(O)CCCCCC2CN2CCN(C)CC2)c1. The van der Waals surface area contributed by atoms with Crippen molar-refractivity contribution in [2.24, 2.45) is 5.92 Å². The summed E-state index contributed by atoms with van der Waals surface area (Å²) in [5.41, 5.74) is 2.05. The Hall–Kier alpha value is -0.900. The van der Waals surface area contributed by atoms with Gasteiger partial charge >= 0.3 is 0 Å². The van der Waals surface area contributed by atoms with Gasteiger partial charge in [0.1, 0.15) is 0 Å². The van der Waals surface area contributed by atoms with Gasteiger partial charge in [0, 0.05) is 45.1 Å². The van der Waals surface area contributed by atoms with E-state index in [2.05, 4.69) is 48.0 Å². The number of rotatable bonds is 4. The molecule has 1 aliphatic carbocycles. The topological polar surface area (TPSA) is 26.7 Å². The second-order valence-corrected chi connectivity index (χ2v) is 8.17. The lowest BCUT2D eigenvalue weighted by Crippen LogP contribution is -2.50. The molecule has 2 atom stereocenters. The zero-order valence-electron chi connectivity index (χ0n) is 15.5. The van der Waals surface area contributed by atoms with E-state index >= 15 is 0 Å². The summed E-state index contributed by atoms with van der Waals surface area (Å²) in [6.45, 7) is 7.81. The van der Waals surface area contributed by atoms with Crippen LogP contribution in [0.4, 0.5) is 0 Å². The summed E-state index contributed by atoms with van der Waals surface area (Å²) >= 11 is 0. The number of likely N-dealkylation sites (N-methyl/N-ethyl adjacent to an activating group) is 1. The van der Waals surface area contributed by atoms with Crippen LogP contribution in [0, 0.1) is 12.8 Å². The van der Waals surface area contributed by atoms with Gasteiger partial charge in [-0.05, 0) is 32.4 Å². The predicted octanol–water partition coefficient (Wildman–Crippen LogP) is 3.10. The van der Waals surface area contributed by atoms with Crippen molar-refractivity contribution in [3.05, 3.63) is 35.4 Å². The van der Waals surface area contributed by atoms with Gasteiger partial charge in [0.05, 0.1) is 5.60 Å². The minimum atomic E-state index is -0.534. The normalized spacial score (nSPS) is 30.2. The van der Waals surface area contributed by atoms with Crippen LogP contribution in [0.2, 0.25) is 0 Å². The maximum absolute atomic E-state index is 11.6. The lowest BCUT2D eigenvalue weighted by Gasteiger charge is -2.40. The van der Waals surface area contributed by atoms with Gasteiger partial charge in [0.2, 0.25) is 0 Å². The van der Waals surface area contributed by atoms with Crippen LogP contribution in [0.1, 0.15) is 43.2 Å². The van der Waals surface area contributed by atoms with Gasteiger partial charge in [-0.15, -0.1) is 0 Å². The van der Waals surface area contributed by atoms with E-state index in [1.807, 2.05) is 0 Å². The summed E-state index contributed by atoms with van der Waals surface area (Å²) < 4.78 is 0. The van der Waals surface area contributed by atoms with Gasteiger partial charge in [-0.1, -0.05) is 49.1 Å². The summed E-state index contributed by atoms with van der Waals surface area (Å²) in [7, 11) is 2.21. The van der Waals surface area contributed by atoms with Gasteiger partial charge in [0.25, 0.3) is 0 Å². The molecular weight excluding hydrogens is 296 g/mol. The first-order chi connectivity index (χ1) is 11.5. The van der Waals surface area contributed by atoms with Crippen molar-refractivity contribution >= 4 is 0 Å². The van der Waals surface area contributed by atoms with Crippen molar-refractivity contribution in [3.8, 4) is 0 Å². The molecule has 1 aromatic rings. The Morgan fingerprint density at radius 3 is 2.67 bits per heavy atom. The first kappa shape index (κ1) is 17.9. The average Bonchev–Trinajstić information content (AvgIpc) is 2.72. The Kier molecular flexibility index (Phi) is 5.96. The Bertz CT molecular complexity index is 524. The highest BCUT2D eigenvalue weighted by atomic mass is 16.3. The van der Waals surface area contributed by atoms with Gasteiger partial charge in [-0.25, -0.2) is 0 Å². The van der Waals surface area contributed by atoms with Crippen molar-refractivity contribution in [1.82, 2.24) is 9.80 Å². The maximum Gasteiger partial charge on any atom is 0.0728 e. The third-order valence-electron chi connectivity index (χ3n) is 6.09. The van der Waals surface area contributed by atoms with E-state index in [0.29, 0.717) is 5.92 Å². The Labute approximate surface area is 147 Å². The highest BCUT2D eigenvalue weighted by Crippen LogP contribution is 2.36. The monoisotopic (exact) mass is 330 g/mol. The number of aryl methyl sites for hydroxylation is 1. The van der Waals surface area contributed by atoms with E-state index in [-0.39, 0.29) is 0 Å². The second-order valence-electron chi connectivity index (χ2n) is 8.17. The molecule has 134 valence electrons. The number of piperazine rings is 1. The van der Waals surface area contributed by atoms with E-state index < -0.39 is 5.60 Å².